The van der Waals surface area contributed by atoms with Crippen LogP contribution in [0.3, 0.4) is 0 Å². The summed E-state index contributed by atoms with van der Waals surface area (Å²) in [7, 11) is 0. The van der Waals surface area contributed by atoms with Gasteiger partial charge in [0.25, 0.3) is 0 Å². The van der Waals surface area contributed by atoms with Crippen molar-refractivity contribution in [2.45, 2.75) is 12.5 Å². The number of hydrogen-bond donors (Lipinski definition) is 0. The van der Waals surface area contributed by atoms with E-state index in [0.717, 1.165) is 6.42 Å². The van der Waals surface area contributed by atoms with Gasteiger partial charge in [-0.3, -0.25) is 0 Å². The summed E-state index contributed by atoms with van der Waals surface area (Å²) in [6.07, 6.45) is 0.818. The van der Waals surface area contributed by atoms with E-state index < -0.39 is 0 Å². The molecule has 0 aromatic heterocycles. The van der Waals surface area contributed by atoms with Gasteiger partial charge < -0.3 is 4.74 Å². The molecule has 1 atom stereocenters. The topological polar surface area (TPSA) is 21.6 Å². The molecule has 2 aromatic rings. The highest BCUT2D eigenvalue weighted by molar-refractivity contribution is 5.95. The zero-order chi connectivity index (χ0) is 13.1. The van der Waals surface area contributed by atoms with Crippen molar-refractivity contribution in [3.05, 3.63) is 71.5 Å². The highest BCUT2D eigenvalue weighted by Crippen LogP contribution is 2.17. The number of benzene rings is 2. The molecule has 0 radical (unpaired) electrons. The Morgan fingerprint density at radius 3 is 2.58 bits per heavy atom. The average molecular weight is 255 g/mol. The second kappa shape index (κ2) is 5.22. The molecule has 19 heavy (non-hydrogen) atoms. The third-order valence-corrected chi connectivity index (χ3v) is 3.13. The van der Waals surface area contributed by atoms with Crippen LogP contribution >= 0.6 is 0 Å². The van der Waals surface area contributed by atoms with Crippen molar-refractivity contribution in [2.24, 2.45) is 4.99 Å². The van der Waals surface area contributed by atoms with Crippen molar-refractivity contribution in [1.82, 2.24) is 0 Å². The van der Waals surface area contributed by atoms with Crippen LogP contribution in [0, 0.1) is 5.82 Å². The molecule has 2 aromatic carbocycles. The van der Waals surface area contributed by atoms with Crippen LogP contribution in [-0.4, -0.2) is 18.5 Å². The summed E-state index contributed by atoms with van der Waals surface area (Å²) in [4.78, 5) is 4.47. The van der Waals surface area contributed by atoms with E-state index in [1.54, 1.807) is 18.2 Å². The molecule has 0 fully saturated rings. The Morgan fingerprint density at radius 1 is 1.05 bits per heavy atom. The van der Waals surface area contributed by atoms with E-state index in [1.165, 1.54) is 11.6 Å². The monoisotopic (exact) mass is 255 g/mol. The number of hydrogen-bond acceptors (Lipinski definition) is 2. The molecule has 0 saturated heterocycles. The third-order valence-electron chi connectivity index (χ3n) is 3.13. The fourth-order valence-electron chi connectivity index (χ4n) is 2.19. The number of halogens is 1. The molecule has 0 amide bonds. The summed E-state index contributed by atoms with van der Waals surface area (Å²) in [5.74, 6) is 0.126. The van der Waals surface area contributed by atoms with Crippen LogP contribution in [-0.2, 0) is 11.2 Å². The highest BCUT2D eigenvalue weighted by atomic mass is 19.1. The third kappa shape index (κ3) is 2.65. The fraction of sp³-hybridized carbons (Fsp3) is 0.188. The molecule has 1 aliphatic rings. The average Bonchev–Trinajstić information content (AvgIpc) is 2.89. The fourth-order valence-corrected chi connectivity index (χ4v) is 2.19. The highest BCUT2D eigenvalue weighted by Gasteiger charge is 2.22. The minimum atomic E-state index is -0.290. The molecule has 1 unspecified atom stereocenters. The Morgan fingerprint density at radius 2 is 1.79 bits per heavy atom. The first-order valence-electron chi connectivity index (χ1n) is 6.32. The van der Waals surface area contributed by atoms with E-state index in [4.69, 9.17) is 4.74 Å². The van der Waals surface area contributed by atoms with E-state index in [9.17, 15) is 4.39 Å². The molecule has 0 aliphatic carbocycles. The molecule has 0 spiro atoms. The summed E-state index contributed by atoms with van der Waals surface area (Å²) in [6, 6.07) is 16.8. The molecule has 2 nitrogen and oxygen atoms in total. The maximum absolute atomic E-state index is 13.6. The molecule has 96 valence electrons. The minimum absolute atomic E-state index is 0.0667. The first-order chi connectivity index (χ1) is 9.33. The lowest BCUT2D eigenvalue weighted by Gasteiger charge is -2.04. The molecule has 3 heteroatoms. The summed E-state index contributed by atoms with van der Waals surface area (Å²) in [5, 5.41) is 0. The van der Waals surface area contributed by atoms with Crippen LogP contribution in [0.25, 0.3) is 0 Å². The van der Waals surface area contributed by atoms with Crippen LogP contribution in [0.5, 0.6) is 0 Å². The lowest BCUT2D eigenvalue weighted by molar-refractivity contribution is 0.316. The molecule has 0 saturated carbocycles. The largest absolute Gasteiger partial charge is 0.475 e. The molecule has 1 heterocycles. The van der Waals surface area contributed by atoms with E-state index in [-0.39, 0.29) is 11.9 Å². The Balaban J connectivity index is 1.77. The van der Waals surface area contributed by atoms with E-state index in [1.807, 2.05) is 18.2 Å². The second-order valence-corrected chi connectivity index (χ2v) is 4.57. The van der Waals surface area contributed by atoms with Crippen molar-refractivity contribution < 1.29 is 9.13 Å². The van der Waals surface area contributed by atoms with Crippen molar-refractivity contribution in [2.75, 3.05) is 6.61 Å². The van der Waals surface area contributed by atoms with Crippen molar-refractivity contribution in [3.8, 4) is 0 Å². The standard InChI is InChI=1S/C16H14FNO/c17-15-9-5-4-8-14(15)16-18-13(11-19-16)10-12-6-2-1-3-7-12/h1-9,13H,10-11H2. The molecule has 0 N–H and O–H groups in total. The Kier molecular flexibility index (Phi) is 3.27. The molecule has 3 rings (SSSR count). The quantitative estimate of drug-likeness (QED) is 0.825. The number of rotatable bonds is 3. The van der Waals surface area contributed by atoms with Crippen LogP contribution in [0.15, 0.2) is 59.6 Å². The van der Waals surface area contributed by atoms with Gasteiger partial charge >= 0.3 is 0 Å². The zero-order valence-corrected chi connectivity index (χ0v) is 10.4. The van der Waals surface area contributed by atoms with Crippen molar-refractivity contribution in [3.63, 3.8) is 0 Å². The van der Waals surface area contributed by atoms with E-state index in [2.05, 4.69) is 17.1 Å². The Bertz CT molecular complexity index is 595. The van der Waals surface area contributed by atoms with Gasteiger partial charge in [-0.25, -0.2) is 9.38 Å². The zero-order valence-electron chi connectivity index (χ0n) is 10.4. The summed E-state index contributed by atoms with van der Waals surface area (Å²) in [6.45, 7) is 0.512. The van der Waals surface area contributed by atoms with Gasteiger partial charge in [-0.2, -0.15) is 0 Å². The smallest absolute Gasteiger partial charge is 0.219 e. The Labute approximate surface area is 111 Å². The van der Waals surface area contributed by atoms with Crippen molar-refractivity contribution in [1.29, 1.82) is 0 Å². The van der Waals surface area contributed by atoms with Crippen molar-refractivity contribution >= 4 is 5.90 Å². The first-order valence-corrected chi connectivity index (χ1v) is 6.32. The maximum Gasteiger partial charge on any atom is 0.219 e. The van der Waals surface area contributed by atoms with Gasteiger partial charge in [0.2, 0.25) is 5.90 Å². The van der Waals surface area contributed by atoms with Gasteiger partial charge in [0.05, 0.1) is 11.6 Å². The summed E-state index contributed by atoms with van der Waals surface area (Å²) < 4.78 is 19.1. The summed E-state index contributed by atoms with van der Waals surface area (Å²) in [5.41, 5.74) is 1.66. The normalized spacial score (nSPS) is 17.9. The predicted octanol–water partition coefficient (Wildman–Crippen LogP) is 3.21. The number of aliphatic imine (C=N–C) groups is 1. The van der Waals surface area contributed by atoms with Gasteiger partial charge in [-0.1, -0.05) is 42.5 Å². The lowest BCUT2D eigenvalue weighted by atomic mass is 10.1. The van der Waals surface area contributed by atoms with E-state index in [0.29, 0.717) is 18.1 Å². The predicted molar refractivity (Wildman–Crippen MR) is 72.8 cm³/mol. The van der Waals surface area contributed by atoms with E-state index >= 15 is 0 Å². The molecule has 0 bridgehead atoms. The minimum Gasteiger partial charge on any atom is -0.475 e. The van der Waals surface area contributed by atoms with Crippen LogP contribution in [0.1, 0.15) is 11.1 Å². The van der Waals surface area contributed by atoms with Gasteiger partial charge in [0, 0.05) is 0 Å². The second-order valence-electron chi connectivity index (χ2n) is 4.57. The SMILES string of the molecule is Fc1ccccc1C1=NC(Cc2ccccc2)CO1. The van der Waals surface area contributed by atoms with Crippen LogP contribution in [0.4, 0.5) is 4.39 Å². The van der Waals surface area contributed by atoms with Gasteiger partial charge in [-0.15, -0.1) is 0 Å². The van der Waals surface area contributed by atoms with Gasteiger partial charge in [-0.05, 0) is 24.1 Å². The summed E-state index contributed by atoms with van der Waals surface area (Å²) >= 11 is 0. The van der Waals surface area contributed by atoms with Gasteiger partial charge in [0.1, 0.15) is 12.4 Å². The van der Waals surface area contributed by atoms with Crippen LogP contribution in [0.2, 0.25) is 0 Å². The Hall–Kier alpha value is -2.16. The first kappa shape index (κ1) is 11.9. The molecular weight excluding hydrogens is 241 g/mol. The maximum atomic E-state index is 13.6. The lowest BCUT2D eigenvalue weighted by Crippen LogP contribution is -2.09. The number of nitrogens with zero attached hydrogens (tertiary/aromatic N) is 1. The molecule has 1 aliphatic heterocycles. The van der Waals surface area contributed by atoms with Gasteiger partial charge in [0.15, 0.2) is 0 Å². The van der Waals surface area contributed by atoms with Crippen LogP contribution < -0.4 is 0 Å². The molecular formula is C16H14FNO. The number of ether oxygens (including phenoxy) is 1.